The van der Waals surface area contributed by atoms with Gasteiger partial charge in [-0.25, -0.2) is 26.9 Å². The molecule has 6 fully saturated rings. The van der Waals surface area contributed by atoms with Crippen LogP contribution in [0.15, 0.2) is 66.7 Å². The minimum Gasteiger partial charge on any atom is -0.345 e. The number of benzene rings is 3. The summed E-state index contributed by atoms with van der Waals surface area (Å²) in [7, 11) is 0. The van der Waals surface area contributed by atoms with Crippen LogP contribution in [0.4, 0.5) is 17.6 Å². The first-order valence-corrected chi connectivity index (χ1v) is 25.4. The van der Waals surface area contributed by atoms with E-state index in [4.69, 9.17) is 10.2 Å². The zero-order valence-electron chi connectivity index (χ0n) is 39.3. The molecule has 10 bridgehead atoms. The molecule has 10 aliphatic carbocycles. The van der Waals surface area contributed by atoms with Gasteiger partial charge < -0.3 is 10.6 Å². The Balaban J connectivity index is 0.904. The predicted molar refractivity (Wildman–Crippen MR) is 249 cm³/mol. The van der Waals surface area contributed by atoms with Crippen molar-refractivity contribution in [2.75, 3.05) is 0 Å². The van der Waals surface area contributed by atoms with Gasteiger partial charge in [-0.15, -0.1) is 0 Å². The van der Waals surface area contributed by atoms with Crippen molar-refractivity contribution < 1.29 is 27.2 Å². The molecule has 13 atom stereocenters. The van der Waals surface area contributed by atoms with Crippen molar-refractivity contribution in [2.45, 2.75) is 140 Å². The highest BCUT2D eigenvalue weighted by atomic mass is 19.1. The lowest BCUT2D eigenvalue weighted by Gasteiger charge is -2.55. The van der Waals surface area contributed by atoms with Gasteiger partial charge >= 0.3 is 0 Å². The molecule has 8 nitrogen and oxygen atoms in total. The first-order valence-electron chi connectivity index (χ1n) is 25.4. The predicted octanol–water partition coefficient (Wildman–Crippen LogP) is 12.1. The van der Waals surface area contributed by atoms with Crippen molar-refractivity contribution in [3.63, 3.8) is 0 Å². The number of hydrogen-bond acceptors (Lipinski definition) is 4. The molecule has 0 saturated heterocycles. The Kier molecular flexibility index (Phi) is 9.37. The Morgan fingerprint density at radius 3 is 2.00 bits per heavy atom. The Morgan fingerprint density at radius 1 is 0.691 bits per heavy atom. The lowest BCUT2D eigenvalue weighted by Crippen LogP contribution is -2.55. The van der Waals surface area contributed by atoms with Gasteiger partial charge in [0.25, 0.3) is 11.8 Å². The van der Waals surface area contributed by atoms with Gasteiger partial charge in [0, 0.05) is 40.6 Å². The number of halogens is 4. The molecule has 0 radical (unpaired) electrons. The van der Waals surface area contributed by atoms with Crippen LogP contribution in [-0.2, 0) is 0 Å². The quantitative estimate of drug-likeness (QED) is 0.152. The van der Waals surface area contributed by atoms with E-state index < -0.39 is 28.8 Å². The van der Waals surface area contributed by atoms with E-state index in [-0.39, 0.29) is 75.3 Å². The third-order valence-corrected chi connectivity index (χ3v) is 19.6. The molecule has 3 aromatic carbocycles. The van der Waals surface area contributed by atoms with Crippen LogP contribution in [0.25, 0.3) is 11.4 Å². The summed E-state index contributed by atoms with van der Waals surface area (Å²) in [4.78, 5) is 30.1. The average Bonchev–Trinajstić information content (AvgIpc) is 3.99. The number of amides is 2. The summed E-state index contributed by atoms with van der Waals surface area (Å²) in [5.74, 6) is -0.957. The number of carbonyl (C=O) groups is 2. The minimum absolute atomic E-state index is 0.0728. The first kappa shape index (κ1) is 42.8. The van der Waals surface area contributed by atoms with Crippen molar-refractivity contribution >= 4 is 11.8 Å². The maximum atomic E-state index is 16.2. The number of rotatable bonds is 8. The molecule has 11 unspecified atom stereocenters. The molecule has 68 heavy (non-hydrogen) atoms. The van der Waals surface area contributed by atoms with Crippen LogP contribution in [0.1, 0.15) is 184 Å². The Hall–Kier alpha value is -5.26. The van der Waals surface area contributed by atoms with Gasteiger partial charge in [-0.1, -0.05) is 51.1 Å². The molecule has 5 aromatic rings. The largest absolute Gasteiger partial charge is 0.345 e. The second kappa shape index (κ2) is 14.9. The molecule has 6 saturated carbocycles. The number of hydrogen-bond donors (Lipinski definition) is 2. The second-order valence-corrected chi connectivity index (χ2v) is 23.8. The molecule has 2 N–H and O–H groups in total. The van der Waals surface area contributed by atoms with Crippen LogP contribution >= 0.6 is 0 Å². The van der Waals surface area contributed by atoms with Gasteiger partial charge in [0.1, 0.15) is 23.0 Å². The summed E-state index contributed by atoms with van der Waals surface area (Å²) >= 11 is 0. The van der Waals surface area contributed by atoms with Crippen molar-refractivity contribution in [3.05, 3.63) is 129 Å². The van der Waals surface area contributed by atoms with Crippen LogP contribution in [0.3, 0.4) is 0 Å². The molecule has 2 amide bonds. The average molecular weight is 925 g/mol. The lowest BCUT2D eigenvalue weighted by molar-refractivity contribution is -0.0489. The van der Waals surface area contributed by atoms with Crippen LogP contribution in [-0.4, -0.2) is 36.9 Å². The molecule has 2 heterocycles. The Labute approximate surface area is 395 Å². The number of nitrogens with zero attached hydrogens (tertiary/aromatic N) is 4. The fourth-order valence-electron chi connectivity index (χ4n) is 17.6. The Bertz CT molecular complexity index is 2920. The van der Waals surface area contributed by atoms with E-state index in [1.165, 1.54) is 54.6 Å². The van der Waals surface area contributed by atoms with E-state index in [0.29, 0.717) is 48.1 Å². The molecule has 0 aliphatic heterocycles. The van der Waals surface area contributed by atoms with Crippen molar-refractivity contribution in [1.82, 2.24) is 30.2 Å². The third kappa shape index (κ3) is 6.28. The van der Waals surface area contributed by atoms with Gasteiger partial charge in [0.15, 0.2) is 23.0 Å². The van der Waals surface area contributed by atoms with Crippen LogP contribution < -0.4 is 10.6 Å². The number of aromatic nitrogens is 4. The molecule has 0 spiro atoms. The normalized spacial score (nSPS) is 34.6. The van der Waals surface area contributed by atoms with Gasteiger partial charge in [-0.05, 0) is 172 Å². The number of nitrogens with one attached hydrogen (secondary N) is 2. The zero-order valence-corrected chi connectivity index (χ0v) is 39.3. The summed E-state index contributed by atoms with van der Waals surface area (Å²) in [5, 5.41) is 16.9. The lowest BCUT2D eigenvalue weighted by atomic mass is 9.49. The highest BCUT2D eigenvalue weighted by Gasteiger charge is 2.66. The summed E-state index contributed by atoms with van der Waals surface area (Å²) in [6, 6.07) is 16.5. The third-order valence-electron chi connectivity index (χ3n) is 19.6. The number of fused-ring (bicyclic) bond motifs is 2. The smallest absolute Gasteiger partial charge is 0.272 e. The van der Waals surface area contributed by atoms with E-state index in [2.05, 4.69) is 31.4 Å². The minimum atomic E-state index is -0.774. The van der Waals surface area contributed by atoms with Crippen molar-refractivity contribution in [3.8, 4) is 11.4 Å². The van der Waals surface area contributed by atoms with E-state index in [1.54, 1.807) is 4.68 Å². The topological polar surface area (TPSA) is 93.8 Å². The van der Waals surface area contributed by atoms with Gasteiger partial charge in [0.2, 0.25) is 0 Å². The van der Waals surface area contributed by atoms with Crippen LogP contribution in [0.5, 0.6) is 0 Å². The SMILES string of the molecule is CC(NC(=O)c1nn(-c2ccc(F)cc2F)c2c1C1CC3CC2CC(NC(=O)c2nn(-c4ccc(F)cc4F)c4c2C2CC5CC(C2)C(C2C(C)(C)C6CC[C@@]2(C)C6)[C@@H]4C5)(C3)C1)c1ccccc1. The number of carbonyl (C=O) groups excluding carboxylic acids is 2. The molecular formula is C56H60F4N6O2. The molecular weight excluding hydrogens is 865 g/mol. The maximum absolute atomic E-state index is 16.2. The van der Waals surface area contributed by atoms with E-state index >= 15 is 13.6 Å². The summed E-state index contributed by atoms with van der Waals surface area (Å²) in [6.07, 6.45) is 11.2. The van der Waals surface area contributed by atoms with Gasteiger partial charge in [-0.3, -0.25) is 9.59 Å². The van der Waals surface area contributed by atoms with E-state index in [9.17, 15) is 13.6 Å². The summed E-state index contributed by atoms with van der Waals surface area (Å²) < 4.78 is 64.4. The van der Waals surface area contributed by atoms with Crippen LogP contribution in [0, 0.1) is 69.6 Å². The zero-order chi connectivity index (χ0) is 46.8. The Morgan fingerprint density at radius 2 is 1.32 bits per heavy atom. The van der Waals surface area contributed by atoms with Crippen LogP contribution in [0.2, 0.25) is 0 Å². The molecule has 12 heteroatoms. The van der Waals surface area contributed by atoms with Crippen molar-refractivity contribution in [1.29, 1.82) is 0 Å². The van der Waals surface area contributed by atoms with E-state index in [1.807, 2.05) is 37.3 Å². The summed E-state index contributed by atoms with van der Waals surface area (Å²) in [5.41, 5.74) is 4.88. The highest BCUT2D eigenvalue weighted by molar-refractivity contribution is 5.96. The van der Waals surface area contributed by atoms with Gasteiger partial charge in [0.05, 0.1) is 17.4 Å². The molecule has 10 aliphatic rings. The maximum Gasteiger partial charge on any atom is 0.272 e. The standard InChI is InChI=1S/C56H60F4N6O2/c1-28(31-8-6-5-7-9-31)61-52(67)47-46-34-18-30-19-35(49(46)65(63-47)42-12-10-37(57)22-40(42)59)26-56(24-30,25-34)62-53(68)48-45-33-17-29-16-32(21-33)44(51-54(2,3)36-14-15-55(51,4)27-36)39(20-29)50(45)66(64-48)43-13-11-38(58)23-41(43)60/h5-13,22-23,28-30,32-36,39,44,51H,14-21,24-27H2,1-4H3,(H,61,67)(H,62,68)/t28?,29?,30?,32?,33?,34?,35?,36?,39-,44?,51?,55-,56?/m0/s1. The fraction of sp³-hybridized carbons (Fsp3) is 0.536. The van der Waals surface area contributed by atoms with Crippen molar-refractivity contribution in [2.24, 2.45) is 46.3 Å². The first-order chi connectivity index (χ1) is 32.6. The molecule has 354 valence electrons. The van der Waals surface area contributed by atoms with Gasteiger partial charge in [-0.2, -0.15) is 10.2 Å². The second-order valence-electron chi connectivity index (χ2n) is 23.8. The monoisotopic (exact) mass is 924 g/mol. The summed E-state index contributed by atoms with van der Waals surface area (Å²) in [6.45, 7) is 9.42. The van der Waals surface area contributed by atoms with E-state index in [0.717, 1.165) is 78.7 Å². The molecule has 2 aromatic heterocycles. The highest BCUT2D eigenvalue weighted by Crippen LogP contribution is 2.73. The fourth-order valence-corrected chi connectivity index (χ4v) is 17.6. The molecule has 15 rings (SSSR count).